The predicted octanol–water partition coefficient (Wildman–Crippen LogP) is 3.71. The van der Waals surface area contributed by atoms with E-state index in [0.29, 0.717) is 6.61 Å². The number of rotatable bonds is 3. The van der Waals surface area contributed by atoms with Crippen molar-refractivity contribution < 1.29 is 9.22 Å². The molecule has 0 radical (unpaired) electrons. The SMILES string of the molecule is CN1C(=O)c2ccccc2CC1CO[Si](C)(C)C(C)(C)C. The van der Waals surface area contributed by atoms with Crippen LogP contribution in [0, 0.1) is 0 Å². The quantitative estimate of drug-likeness (QED) is 0.797. The number of amides is 1. The van der Waals surface area contributed by atoms with Crippen LogP contribution in [0.4, 0.5) is 0 Å². The first-order valence-corrected chi connectivity index (χ1v) is 10.5. The van der Waals surface area contributed by atoms with E-state index in [1.54, 1.807) is 0 Å². The van der Waals surface area contributed by atoms with Crippen molar-refractivity contribution in [1.29, 1.82) is 0 Å². The highest BCUT2D eigenvalue weighted by atomic mass is 28.4. The first-order valence-electron chi connectivity index (χ1n) is 7.62. The van der Waals surface area contributed by atoms with Crippen LogP contribution < -0.4 is 0 Å². The van der Waals surface area contributed by atoms with Gasteiger partial charge in [0, 0.05) is 12.6 Å². The first-order chi connectivity index (χ1) is 9.63. The van der Waals surface area contributed by atoms with Gasteiger partial charge in [0.2, 0.25) is 0 Å². The molecular formula is C17H27NO2Si. The molecule has 0 N–H and O–H groups in total. The molecular weight excluding hydrogens is 278 g/mol. The maximum absolute atomic E-state index is 12.4. The van der Waals surface area contributed by atoms with Crippen molar-refractivity contribution in [2.24, 2.45) is 0 Å². The molecule has 1 aromatic rings. The third kappa shape index (κ3) is 3.21. The van der Waals surface area contributed by atoms with Gasteiger partial charge in [-0.2, -0.15) is 0 Å². The molecule has 2 rings (SSSR count). The number of nitrogens with zero attached hydrogens (tertiary/aromatic N) is 1. The number of carbonyl (C=O) groups is 1. The number of hydrogen-bond acceptors (Lipinski definition) is 2. The van der Waals surface area contributed by atoms with Gasteiger partial charge < -0.3 is 9.33 Å². The van der Waals surface area contributed by atoms with Crippen LogP contribution in [-0.2, 0) is 10.8 Å². The standard InChI is InChI=1S/C17H27NO2Si/c1-17(2,3)21(5,6)20-12-14-11-13-9-7-8-10-15(13)16(19)18(14)4/h7-10,14H,11-12H2,1-6H3. The molecule has 1 aliphatic rings. The Morgan fingerprint density at radius 1 is 1.29 bits per heavy atom. The minimum Gasteiger partial charge on any atom is -0.415 e. The zero-order valence-corrected chi connectivity index (χ0v) is 15.1. The van der Waals surface area contributed by atoms with Gasteiger partial charge in [0.15, 0.2) is 8.32 Å². The van der Waals surface area contributed by atoms with Crippen LogP contribution in [0.2, 0.25) is 18.1 Å². The third-order valence-electron chi connectivity index (χ3n) is 5.01. The van der Waals surface area contributed by atoms with Crippen molar-refractivity contribution in [1.82, 2.24) is 4.90 Å². The maximum Gasteiger partial charge on any atom is 0.254 e. The van der Waals surface area contributed by atoms with Gasteiger partial charge in [-0.15, -0.1) is 0 Å². The highest BCUT2D eigenvalue weighted by Crippen LogP contribution is 2.37. The largest absolute Gasteiger partial charge is 0.415 e. The van der Waals surface area contributed by atoms with Crippen molar-refractivity contribution in [3.05, 3.63) is 35.4 Å². The molecule has 0 fully saturated rings. The monoisotopic (exact) mass is 305 g/mol. The summed E-state index contributed by atoms with van der Waals surface area (Å²) in [6.07, 6.45) is 0.882. The molecule has 0 saturated heterocycles. The summed E-state index contributed by atoms with van der Waals surface area (Å²) in [5.41, 5.74) is 1.98. The van der Waals surface area contributed by atoms with Crippen LogP contribution in [0.15, 0.2) is 24.3 Å². The lowest BCUT2D eigenvalue weighted by Crippen LogP contribution is -2.49. The molecule has 1 unspecified atom stereocenters. The van der Waals surface area contributed by atoms with E-state index in [9.17, 15) is 4.79 Å². The van der Waals surface area contributed by atoms with Gasteiger partial charge in [0.1, 0.15) is 0 Å². The second-order valence-corrected chi connectivity index (χ2v) is 12.3. The second kappa shape index (κ2) is 5.58. The van der Waals surface area contributed by atoms with Crippen LogP contribution >= 0.6 is 0 Å². The summed E-state index contributed by atoms with van der Waals surface area (Å²) >= 11 is 0. The summed E-state index contributed by atoms with van der Waals surface area (Å²) in [4.78, 5) is 14.3. The zero-order valence-electron chi connectivity index (χ0n) is 14.1. The summed E-state index contributed by atoms with van der Waals surface area (Å²) in [5.74, 6) is 0.112. The van der Waals surface area contributed by atoms with E-state index in [1.165, 1.54) is 0 Å². The van der Waals surface area contributed by atoms with E-state index >= 15 is 0 Å². The molecule has 1 amide bonds. The van der Waals surface area contributed by atoms with E-state index in [0.717, 1.165) is 17.5 Å². The maximum atomic E-state index is 12.4. The van der Waals surface area contributed by atoms with Crippen molar-refractivity contribution in [2.45, 2.75) is 51.4 Å². The predicted molar refractivity (Wildman–Crippen MR) is 89.2 cm³/mol. The fraction of sp³-hybridized carbons (Fsp3) is 0.588. The molecule has 0 bridgehead atoms. The summed E-state index contributed by atoms with van der Waals surface area (Å²) in [5, 5.41) is 0.197. The molecule has 0 aliphatic carbocycles. The molecule has 1 aromatic carbocycles. The smallest absolute Gasteiger partial charge is 0.254 e. The average molecular weight is 305 g/mol. The molecule has 116 valence electrons. The van der Waals surface area contributed by atoms with Crippen molar-refractivity contribution >= 4 is 14.2 Å². The topological polar surface area (TPSA) is 29.5 Å². The molecule has 3 nitrogen and oxygen atoms in total. The molecule has 0 aromatic heterocycles. The highest BCUT2D eigenvalue weighted by Gasteiger charge is 2.39. The summed E-state index contributed by atoms with van der Waals surface area (Å²) in [6, 6.07) is 8.04. The van der Waals surface area contributed by atoms with Crippen molar-refractivity contribution in [3.8, 4) is 0 Å². The molecule has 1 atom stereocenters. The lowest BCUT2D eigenvalue weighted by molar-refractivity contribution is 0.0638. The second-order valence-electron chi connectivity index (χ2n) is 7.50. The summed E-state index contributed by atoms with van der Waals surface area (Å²) in [7, 11) is 0.117. The zero-order chi connectivity index (χ0) is 15.8. The van der Waals surface area contributed by atoms with E-state index in [-0.39, 0.29) is 17.0 Å². The van der Waals surface area contributed by atoms with Crippen LogP contribution in [-0.4, -0.2) is 38.8 Å². The summed E-state index contributed by atoms with van der Waals surface area (Å²) < 4.78 is 6.31. The number of carbonyl (C=O) groups excluding carboxylic acids is 1. The number of benzene rings is 1. The molecule has 21 heavy (non-hydrogen) atoms. The van der Waals surface area contributed by atoms with Gasteiger partial charge >= 0.3 is 0 Å². The first kappa shape index (κ1) is 16.2. The molecule has 0 spiro atoms. The number of likely N-dealkylation sites (N-methyl/N-ethyl adjacent to an activating group) is 1. The normalized spacial score (nSPS) is 19.6. The Balaban J connectivity index is 2.11. The number of fused-ring (bicyclic) bond motifs is 1. The fourth-order valence-electron chi connectivity index (χ4n) is 2.35. The van der Waals surface area contributed by atoms with Gasteiger partial charge in [-0.05, 0) is 36.2 Å². The van der Waals surface area contributed by atoms with E-state index < -0.39 is 8.32 Å². The van der Waals surface area contributed by atoms with Gasteiger partial charge in [0.25, 0.3) is 5.91 Å². The Morgan fingerprint density at radius 2 is 1.90 bits per heavy atom. The van der Waals surface area contributed by atoms with Crippen LogP contribution in [0.3, 0.4) is 0 Å². The Labute approximate surface area is 129 Å². The van der Waals surface area contributed by atoms with Gasteiger partial charge in [-0.1, -0.05) is 39.0 Å². The Kier molecular flexibility index (Phi) is 4.31. The van der Waals surface area contributed by atoms with Crippen LogP contribution in [0.25, 0.3) is 0 Å². The highest BCUT2D eigenvalue weighted by molar-refractivity contribution is 6.74. The molecule has 4 heteroatoms. The Morgan fingerprint density at radius 3 is 2.52 bits per heavy atom. The Bertz CT molecular complexity index is 534. The fourth-order valence-corrected chi connectivity index (χ4v) is 3.39. The van der Waals surface area contributed by atoms with E-state index in [4.69, 9.17) is 4.43 Å². The average Bonchev–Trinajstić information content (AvgIpc) is 2.40. The van der Waals surface area contributed by atoms with Gasteiger partial charge in [-0.25, -0.2) is 0 Å². The van der Waals surface area contributed by atoms with Crippen molar-refractivity contribution in [3.63, 3.8) is 0 Å². The molecule has 0 saturated carbocycles. The van der Waals surface area contributed by atoms with Gasteiger partial charge in [-0.3, -0.25) is 4.79 Å². The summed E-state index contributed by atoms with van der Waals surface area (Å²) in [6.45, 7) is 11.9. The van der Waals surface area contributed by atoms with Crippen LogP contribution in [0.5, 0.6) is 0 Å². The third-order valence-corrected chi connectivity index (χ3v) is 9.51. The minimum absolute atomic E-state index is 0.112. The van der Waals surface area contributed by atoms with Crippen molar-refractivity contribution in [2.75, 3.05) is 13.7 Å². The van der Waals surface area contributed by atoms with Crippen LogP contribution in [0.1, 0.15) is 36.7 Å². The number of hydrogen-bond donors (Lipinski definition) is 0. The minimum atomic E-state index is -1.77. The lowest BCUT2D eigenvalue weighted by Gasteiger charge is -2.40. The Hall–Kier alpha value is -1.13. The van der Waals surface area contributed by atoms with Gasteiger partial charge in [0.05, 0.1) is 12.6 Å². The molecule has 1 heterocycles. The van der Waals surface area contributed by atoms with E-state index in [1.807, 2.05) is 30.1 Å². The molecule has 1 aliphatic heterocycles. The lowest BCUT2D eigenvalue weighted by atomic mass is 9.94. The van der Waals surface area contributed by atoms with E-state index in [2.05, 4.69) is 39.9 Å².